The van der Waals surface area contributed by atoms with Crippen LogP contribution >= 0.6 is 0 Å². The van der Waals surface area contributed by atoms with Crippen molar-refractivity contribution >= 4 is 11.8 Å². The molecule has 0 spiro atoms. The van der Waals surface area contributed by atoms with E-state index in [4.69, 9.17) is 5.73 Å². The van der Waals surface area contributed by atoms with Crippen LogP contribution in [0.15, 0.2) is 12.3 Å². The smallest absolute Gasteiger partial charge is 0.224 e. The molecule has 1 aliphatic carbocycles. The Balaban J connectivity index is 1.83. The van der Waals surface area contributed by atoms with Gasteiger partial charge in [0, 0.05) is 12.7 Å². The van der Waals surface area contributed by atoms with E-state index in [9.17, 15) is 5.11 Å². The quantitative estimate of drug-likeness (QED) is 0.678. The van der Waals surface area contributed by atoms with Gasteiger partial charge in [0.05, 0.1) is 6.10 Å². The first kappa shape index (κ1) is 10.2. The molecule has 15 heavy (non-hydrogen) atoms. The minimum atomic E-state index is -0.126. The lowest BCUT2D eigenvalue weighted by Gasteiger charge is -2.10. The largest absolute Gasteiger partial charge is 0.393 e. The van der Waals surface area contributed by atoms with Crippen LogP contribution in [0.1, 0.15) is 19.3 Å². The van der Waals surface area contributed by atoms with E-state index in [1.807, 2.05) is 0 Å². The molecule has 1 aromatic heterocycles. The third kappa shape index (κ3) is 2.79. The van der Waals surface area contributed by atoms with Crippen molar-refractivity contribution in [3.8, 4) is 0 Å². The van der Waals surface area contributed by atoms with Crippen molar-refractivity contribution in [2.75, 3.05) is 17.6 Å². The van der Waals surface area contributed by atoms with Crippen LogP contribution in [0.25, 0.3) is 0 Å². The second kappa shape index (κ2) is 4.44. The Morgan fingerprint density at radius 2 is 2.40 bits per heavy atom. The molecule has 1 fully saturated rings. The molecule has 5 heteroatoms. The number of hydrogen-bond donors (Lipinski definition) is 3. The Kier molecular flexibility index (Phi) is 3.01. The highest BCUT2D eigenvalue weighted by atomic mass is 16.3. The minimum absolute atomic E-state index is 0.126. The Labute approximate surface area is 88.7 Å². The molecule has 2 rings (SSSR count). The highest BCUT2D eigenvalue weighted by Crippen LogP contribution is 2.25. The van der Waals surface area contributed by atoms with Crippen LogP contribution < -0.4 is 11.1 Å². The summed E-state index contributed by atoms with van der Waals surface area (Å²) in [5, 5.41) is 12.5. The number of anilines is 2. The van der Waals surface area contributed by atoms with Gasteiger partial charge < -0.3 is 16.2 Å². The number of aliphatic hydroxyl groups excluding tert-OH is 1. The summed E-state index contributed by atoms with van der Waals surface area (Å²) < 4.78 is 0. The van der Waals surface area contributed by atoms with Gasteiger partial charge in [-0.05, 0) is 31.2 Å². The summed E-state index contributed by atoms with van der Waals surface area (Å²) in [7, 11) is 0. The van der Waals surface area contributed by atoms with Crippen molar-refractivity contribution in [3.05, 3.63) is 12.3 Å². The van der Waals surface area contributed by atoms with Gasteiger partial charge in [-0.25, -0.2) is 4.98 Å². The molecule has 2 unspecified atom stereocenters. The van der Waals surface area contributed by atoms with E-state index in [1.165, 1.54) is 0 Å². The molecule has 0 saturated heterocycles. The van der Waals surface area contributed by atoms with Gasteiger partial charge >= 0.3 is 0 Å². The lowest BCUT2D eigenvalue weighted by Crippen LogP contribution is -2.14. The van der Waals surface area contributed by atoms with E-state index in [-0.39, 0.29) is 6.10 Å². The van der Waals surface area contributed by atoms with Crippen molar-refractivity contribution in [3.63, 3.8) is 0 Å². The molecule has 5 nitrogen and oxygen atoms in total. The maximum Gasteiger partial charge on any atom is 0.224 e. The van der Waals surface area contributed by atoms with Crippen LogP contribution in [-0.2, 0) is 0 Å². The first-order valence-corrected chi connectivity index (χ1v) is 5.24. The van der Waals surface area contributed by atoms with Gasteiger partial charge in [0.2, 0.25) is 5.95 Å². The maximum absolute atomic E-state index is 9.36. The third-order valence-electron chi connectivity index (χ3n) is 2.74. The SMILES string of the molecule is Nc1ccnc(NCC2CCC(O)C2)n1. The van der Waals surface area contributed by atoms with Crippen molar-refractivity contribution in [1.29, 1.82) is 0 Å². The zero-order valence-electron chi connectivity index (χ0n) is 8.56. The van der Waals surface area contributed by atoms with Crippen LogP contribution in [0, 0.1) is 5.92 Å². The van der Waals surface area contributed by atoms with Crippen LogP contribution in [-0.4, -0.2) is 27.7 Å². The van der Waals surface area contributed by atoms with Crippen LogP contribution in [0.3, 0.4) is 0 Å². The van der Waals surface area contributed by atoms with E-state index >= 15 is 0 Å². The summed E-state index contributed by atoms with van der Waals surface area (Å²) in [6, 6.07) is 1.66. The summed E-state index contributed by atoms with van der Waals surface area (Å²) in [5.74, 6) is 1.56. The van der Waals surface area contributed by atoms with Gasteiger partial charge in [0.15, 0.2) is 0 Å². The standard InChI is InChI=1S/C10H16N4O/c11-9-3-4-12-10(14-9)13-6-7-1-2-8(15)5-7/h3-4,7-8,15H,1-2,5-6H2,(H3,11,12,13,14). The molecule has 0 aliphatic heterocycles. The van der Waals surface area contributed by atoms with Crippen molar-refractivity contribution < 1.29 is 5.11 Å². The van der Waals surface area contributed by atoms with Gasteiger partial charge in [-0.2, -0.15) is 4.98 Å². The predicted molar refractivity (Wildman–Crippen MR) is 58.3 cm³/mol. The Morgan fingerprint density at radius 3 is 3.07 bits per heavy atom. The van der Waals surface area contributed by atoms with E-state index < -0.39 is 0 Å². The van der Waals surface area contributed by atoms with E-state index in [2.05, 4.69) is 15.3 Å². The fourth-order valence-corrected chi connectivity index (χ4v) is 1.93. The first-order chi connectivity index (χ1) is 7.24. The van der Waals surface area contributed by atoms with E-state index in [1.54, 1.807) is 12.3 Å². The van der Waals surface area contributed by atoms with Crippen molar-refractivity contribution in [1.82, 2.24) is 9.97 Å². The number of nitrogens with two attached hydrogens (primary N) is 1. The molecule has 1 aliphatic rings. The minimum Gasteiger partial charge on any atom is -0.393 e. The van der Waals surface area contributed by atoms with Crippen molar-refractivity contribution in [2.24, 2.45) is 5.92 Å². The van der Waals surface area contributed by atoms with Crippen LogP contribution in [0.5, 0.6) is 0 Å². The number of rotatable bonds is 3. The maximum atomic E-state index is 9.36. The molecule has 0 aromatic carbocycles. The summed E-state index contributed by atoms with van der Waals surface area (Å²) >= 11 is 0. The van der Waals surface area contributed by atoms with Crippen LogP contribution in [0.4, 0.5) is 11.8 Å². The number of aliphatic hydroxyl groups is 1. The topological polar surface area (TPSA) is 84.1 Å². The zero-order chi connectivity index (χ0) is 10.7. The molecule has 2 atom stereocenters. The van der Waals surface area contributed by atoms with Gasteiger partial charge in [-0.15, -0.1) is 0 Å². The predicted octanol–water partition coefficient (Wildman–Crippen LogP) is 0.632. The third-order valence-corrected chi connectivity index (χ3v) is 2.74. The molecule has 4 N–H and O–H groups in total. The molecule has 0 amide bonds. The molecular formula is C10H16N4O. The molecule has 1 aromatic rings. The number of hydrogen-bond acceptors (Lipinski definition) is 5. The van der Waals surface area contributed by atoms with E-state index in [0.29, 0.717) is 17.7 Å². The van der Waals surface area contributed by atoms with Gasteiger partial charge in [-0.1, -0.05) is 0 Å². The first-order valence-electron chi connectivity index (χ1n) is 5.24. The zero-order valence-corrected chi connectivity index (χ0v) is 8.56. The summed E-state index contributed by atoms with van der Waals surface area (Å²) in [4.78, 5) is 8.10. The van der Waals surface area contributed by atoms with Gasteiger partial charge in [0.1, 0.15) is 5.82 Å². The fourth-order valence-electron chi connectivity index (χ4n) is 1.93. The molecule has 82 valence electrons. The molecular weight excluding hydrogens is 192 g/mol. The normalized spacial score (nSPS) is 25.4. The van der Waals surface area contributed by atoms with Gasteiger partial charge in [0.25, 0.3) is 0 Å². The Hall–Kier alpha value is -1.36. The monoisotopic (exact) mass is 208 g/mol. The molecule has 1 saturated carbocycles. The summed E-state index contributed by atoms with van der Waals surface area (Å²) in [6.45, 7) is 0.806. The molecule has 1 heterocycles. The highest BCUT2D eigenvalue weighted by molar-refractivity contribution is 5.34. The number of nitrogens with one attached hydrogen (secondary N) is 1. The average Bonchev–Trinajstić information content (AvgIpc) is 2.62. The number of aromatic nitrogens is 2. The van der Waals surface area contributed by atoms with Crippen LogP contribution in [0.2, 0.25) is 0 Å². The fraction of sp³-hybridized carbons (Fsp3) is 0.600. The van der Waals surface area contributed by atoms with Gasteiger partial charge in [-0.3, -0.25) is 0 Å². The lowest BCUT2D eigenvalue weighted by atomic mass is 10.1. The molecule has 0 bridgehead atoms. The van der Waals surface area contributed by atoms with Crippen molar-refractivity contribution in [2.45, 2.75) is 25.4 Å². The summed E-state index contributed by atoms with van der Waals surface area (Å²) in [5.41, 5.74) is 5.53. The average molecular weight is 208 g/mol. The summed E-state index contributed by atoms with van der Waals surface area (Å²) in [6.07, 6.45) is 4.35. The molecule has 0 radical (unpaired) electrons. The second-order valence-electron chi connectivity index (χ2n) is 4.02. The Bertz CT molecular complexity index is 331. The lowest BCUT2D eigenvalue weighted by molar-refractivity contribution is 0.178. The second-order valence-corrected chi connectivity index (χ2v) is 4.02. The number of nitrogen functional groups attached to an aromatic ring is 1. The highest BCUT2D eigenvalue weighted by Gasteiger charge is 2.22. The van der Waals surface area contributed by atoms with E-state index in [0.717, 1.165) is 25.8 Å². The number of nitrogens with zero attached hydrogens (tertiary/aromatic N) is 2. The Morgan fingerprint density at radius 1 is 1.53 bits per heavy atom.